The van der Waals surface area contributed by atoms with Gasteiger partial charge in [-0.3, -0.25) is 14.7 Å². The minimum atomic E-state index is -0.0857. The number of benzene rings is 2. The standard InChI is InChI=1S/C26H22N2O3/c1-18-13-23-21(16-28(17-30-23)15-20-10-6-12-27-14-20)26-24(18)25(29)22(31-26)11-5-9-19-7-3-2-4-8-19/h2-14H,15-17H2,1H3/b9-5+,22-11-. The summed E-state index contributed by atoms with van der Waals surface area (Å²) in [6.07, 6.45) is 9.16. The Morgan fingerprint density at radius 1 is 1.16 bits per heavy atom. The molecule has 3 heterocycles. The van der Waals surface area contributed by atoms with Gasteiger partial charge in [-0.25, -0.2) is 0 Å². The first kappa shape index (κ1) is 19.3. The zero-order valence-corrected chi connectivity index (χ0v) is 17.2. The predicted molar refractivity (Wildman–Crippen MR) is 119 cm³/mol. The van der Waals surface area contributed by atoms with Crippen molar-refractivity contribution in [3.8, 4) is 11.5 Å². The van der Waals surface area contributed by atoms with Crippen molar-refractivity contribution in [1.29, 1.82) is 0 Å². The fraction of sp³-hybridized carbons (Fsp3) is 0.154. The first-order valence-electron chi connectivity index (χ1n) is 10.3. The van der Waals surface area contributed by atoms with Gasteiger partial charge in [0.05, 0.1) is 11.1 Å². The number of ketones is 1. The molecule has 154 valence electrons. The molecule has 0 radical (unpaired) electrons. The molecular weight excluding hydrogens is 388 g/mol. The Morgan fingerprint density at radius 3 is 2.84 bits per heavy atom. The van der Waals surface area contributed by atoms with E-state index in [4.69, 9.17) is 9.47 Å². The smallest absolute Gasteiger partial charge is 0.232 e. The lowest BCUT2D eigenvalue weighted by atomic mass is 9.99. The number of fused-ring (bicyclic) bond motifs is 3. The third kappa shape index (κ3) is 3.88. The lowest BCUT2D eigenvalue weighted by Gasteiger charge is -2.30. The van der Waals surface area contributed by atoms with Crippen molar-refractivity contribution in [1.82, 2.24) is 9.88 Å². The summed E-state index contributed by atoms with van der Waals surface area (Å²) in [4.78, 5) is 19.4. The van der Waals surface area contributed by atoms with E-state index in [-0.39, 0.29) is 5.78 Å². The summed E-state index contributed by atoms with van der Waals surface area (Å²) < 4.78 is 12.1. The molecule has 1 aromatic heterocycles. The quantitative estimate of drug-likeness (QED) is 0.572. The van der Waals surface area contributed by atoms with Crippen molar-refractivity contribution in [3.63, 3.8) is 0 Å². The Bertz CT molecular complexity index is 1180. The number of nitrogens with zero attached hydrogens (tertiary/aromatic N) is 2. The van der Waals surface area contributed by atoms with Crippen LogP contribution in [0.2, 0.25) is 0 Å². The van der Waals surface area contributed by atoms with E-state index in [1.54, 1.807) is 12.3 Å². The molecule has 0 unspecified atom stereocenters. The number of pyridine rings is 1. The number of ether oxygens (including phenoxy) is 2. The van der Waals surface area contributed by atoms with E-state index in [0.717, 1.165) is 28.0 Å². The molecule has 2 aliphatic rings. The maximum absolute atomic E-state index is 13.0. The van der Waals surface area contributed by atoms with Gasteiger partial charge in [0.1, 0.15) is 18.2 Å². The molecule has 0 saturated carbocycles. The molecule has 0 amide bonds. The van der Waals surface area contributed by atoms with Crippen LogP contribution in [0.15, 0.2) is 78.8 Å². The van der Waals surface area contributed by atoms with Gasteiger partial charge in [-0.15, -0.1) is 0 Å². The number of aryl methyl sites for hydroxylation is 1. The highest BCUT2D eigenvalue weighted by atomic mass is 16.5. The Kier molecular flexibility index (Phi) is 5.10. The first-order chi connectivity index (χ1) is 15.2. The number of aromatic nitrogens is 1. The molecule has 5 rings (SSSR count). The number of carbonyl (C=O) groups excluding carboxylic acids is 1. The largest absolute Gasteiger partial charge is 0.478 e. The normalized spacial score (nSPS) is 16.8. The molecule has 0 N–H and O–H groups in total. The van der Waals surface area contributed by atoms with Crippen molar-refractivity contribution in [2.45, 2.75) is 20.0 Å². The summed E-state index contributed by atoms with van der Waals surface area (Å²) in [5.41, 5.74) is 4.59. The fourth-order valence-electron chi connectivity index (χ4n) is 3.95. The average Bonchev–Trinajstić information content (AvgIpc) is 3.13. The summed E-state index contributed by atoms with van der Waals surface area (Å²) in [7, 11) is 0. The summed E-state index contributed by atoms with van der Waals surface area (Å²) >= 11 is 0. The topological polar surface area (TPSA) is 51.7 Å². The van der Waals surface area contributed by atoms with Crippen LogP contribution in [-0.4, -0.2) is 22.4 Å². The maximum Gasteiger partial charge on any atom is 0.232 e. The Labute approximate surface area is 181 Å². The molecule has 5 heteroatoms. The second-order valence-electron chi connectivity index (χ2n) is 7.73. The van der Waals surface area contributed by atoms with Gasteiger partial charge in [0.15, 0.2) is 5.76 Å². The van der Waals surface area contributed by atoms with E-state index < -0.39 is 0 Å². The Hall–Kier alpha value is -3.70. The number of Topliss-reactive ketones (excluding diaryl/α,β-unsaturated/α-hetero) is 1. The van der Waals surface area contributed by atoms with E-state index in [1.165, 1.54) is 0 Å². The van der Waals surface area contributed by atoms with Gasteiger partial charge in [0.25, 0.3) is 0 Å². The van der Waals surface area contributed by atoms with Gasteiger partial charge in [0, 0.05) is 25.5 Å². The van der Waals surface area contributed by atoms with Crippen LogP contribution >= 0.6 is 0 Å². The summed E-state index contributed by atoms with van der Waals surface area (Å²) in [6, 6.07) is 15.9. The zero-order chi connectivity index (χ0) is 21.2. The van der Waals surface area contributed by atoms with Gasteiger partial charge in [0.2, 0.25) is 5.78 Å². The van der Waals surface area contributed by atoms with Gasteiger partial charge in [-0.1, -0.05) is 48.6 Å². The first-order valence-corrected chi connectivity index (χ1v) is 10.3. The van der Waals surface area contributed by atoms with Crippen LogP contribution in [0.1, 0.15) is 32.6 Å². The molecule has 2 aliphatic heterocycles. The molecular formula is C26H22N2O3. The summed E-state index contributed by atoms with van der Waals surface area (Å²) in [5, 5.41) is 0. The Morgan fingerprint density at radius 2 is 2.03 bits per heavy atom. The molecule has 0 atom stereocenters. The van der Waals surface area contributed by atoms with E-state index in [1.807, 2.05) is 73.8 Å². The zero-order valence-electron chi connectivity index (χ0n) is 17.2. The minimum Gasteiger partial charge on any atom is -0.478 e. The highest BCUT2D eigenvalue weighted by molar-refractivity contribution is 6.14. The second kappa shape index (κ2) is 8.20. The summed E-state index contributed by atoms with van der Waals surface area (Å²) in [6.45, 7) is 3.77. The third-order valence-electron chi connectivity index (χ3n) is 5.45. The maximum atomic E-state index is 13.0. The number of hydrogen-bond acceptors (Lipinski definition) is 5. The molecule has 0 bridgehead atoms. The van der Waals surface area contributed by atoms with Gasteiger partial charge >= 0.3 is 0 Å². The monoisotopic (exact) mass is 410 g/mol. The van der Waals surface area contributed by atoms with Crippen molar-refractivity contribution in [2.24, 2.45) is 0 Å². The lowest BCUT2D eigenvalue weighted by Crippen LogP contribution is -2.31. The lowest BCUT2D eigenvalue weighted by molar-refractivity contribution is 0.0871. The Balaban J connectivity index is 1.41. The number of carbonyl (C=O) groups is 1. The van der Waals surface area contributed by atoms with Gasteiger partial charge < -0.3 is 9.47 Å². The van der Waals surface area contributed by atoms with Crippen LogP contribution in [0.5, 0.6) is 11.5 Å². The molecule has 0 spiro atoms. The highest BCUT2D eigenvalue weighted by Crippen LogP contribution is 2.43. The van der Waals surface area contributed by atoms with Crippen LogP contribution in [0, 0.1) is 6.92 Å². The number of allylic oxidation sites excluding steroid dienone is 3. The van der Waals surface area contributed by atoms with Gasteiger partial charge in [-0.05, 0) is 41.8 Å². The SMILES string of the molecule is Cc1cc2c(c3c1C(=O)/C(=C/C=C/c1ccccc1)O3)CN(Cc1cccnc1)CO2. The molecule has 0 aliphatic carbocycles. The van der Waals surface area contributed by atoms with Crippen LogP contribution in [0.3, 0.4) is 0 Å². The van der Waals surface area contributed by atoms with Gasteiger partial charge in [-0.2, -0.15) is 0 Å². The molecule has 0 saturated heterocycles. The average molecular weight is 410 g/mol. The van der Waals surface area contributed by atoms with Crippen LogP contribution in [0.4, 0.5) is 0 Å². The van der Waals surface area contributed by atoms with Crippen LogP contribution < -0.4 is 9.47 Å². The van der Waals surface area contributed by atoms with Crippen LogP contribution in [0.25, 0.3) is 6.08 Å². The van der Waals surface area contributed by atoms with Crippen LogP contribution in [-0.2, 0) is 13.1 Å². The van der Waals surface area contributed by atoms with E-state index in [2.05, 4.69) is 9.88 Å². The molecule has 0 fully saturated rings. The number of rotatable bonds is 4. The second-order valence-corrected chi connectivity index (χ2v) is 7.73. The number of hydrogen-bond donors (Lipinski definition) is 0. The molecule has 3 aromatic rings. The van der Waals surface area contributed by atoms with Crippen molar-refractivity contribution < 1.29 is 14.3 Å². The molecule has 5 nitrogen and oxygen atoms in total. The molecule has 31 heavy (non-hydrogen) atoms. The molecule has 2 aromatic carbocycles. The minimum absolute atomic E-state index is 0.0857. The van der Waals surface area contributed by atoms with E-state index in [9.17, 15) is 4.79 Å². The predicted octanol–water partition coefficient (Wildman–Crippen LogP) is 4.91. The third-order valence-corrected chi connectivity index (χ3v) is 5.45. The van der Waals surface area contributed by atoms with E-state index >= 15 is 0 Å². The fourth-order valence-corrected chi connectivity index (χ4v) is 3.95. The highest BCUT2D eigenvalue weighted by Gasteiger charge is 2.35. The van der Waals surface area contributed by atoms with Crippen molar-refractivity contribution in [3.05, 3.63) is 107 Å². The summed E-state index contributed by atoms with van der Waals surface area (Å²) in [5.74, 6) is 1.66. The van der Waals surface area contributed by atoms with Crippen molar-refractivity contribution >= 4 is 11.9 Å². The van der Waals surface area contributed by atoms with Crippen molar-refractivity contribution in [2.75, 3.05) is 6.73 Å². The van der Waals surface area contributed by atoms with E-state index in [0.29, 0.717) is 36.9 Å².